The number of carbonyl (C=O) groups is 2. The Bertz CT molecular complexity index is 1150. The number of ether oxygens (including phenoxy) is 4. The number of rotatable bonds is 7. The second-order valence-corrected chi connectivity index (χ2v) is 7.67. The van der Waals surface area contributed by atoms with Crippen molar-refractivity contribution in [3.63, 3.8) is 0 Å². The monoisotopic (exact) mass is 442 g/mol. The van der Waals surface area contributed by atoms with Crippen molar-refractivity contribution < 1.29 is 28.5 Å². The topological polar surface area (TPSA) is 88.4 Å². The molecule has 0 saturated heterocycles. The minimum Gasteiger partial charge on any atom is -0.486 e. The molecule has 0 fully saturated rings. The third kappa shape index (κ3) is 5.05. The molecule has 0 aliphatic carbocycles. The molecule has 1 amide bonds. The first-order valence-corrected chi connectivity index (χ1v) is 10.8. The highest BCUT2D eigenvalue weighted by Gasteiger charge is 2.17. The summed E-state index contributed by atoms with van der Waals surface area (Å²) in [6, 6.07) is 12.8. The molecule has 0 N–H and O–H groups in total. The number of amides is 1. The molecular weight excluding hydrogens is 420 g/mol. The average Bonchev–Trinajstić information content (AvgIpc) is 3.11. The van der Waals surface area contributed by atoms with Crippen molar-refractivity contribution in [3.8, 4) is 17.2 Å². The maximum atomic E-state index is 12.5. The quantitative estimate of drug-likeness (QED) is 0.523. The molecule has 1 aliphatic rings. The molecule has 31 heavy (non-hydrogen) atoms. The number of benzene rings is 2. The minimum absolute atomic E-state index is 0.163. The number of esters is 1. The van der Waals surface area contributed by atoms with Gasteiger partial charge in [-0.3, -0.25) is 9.59 Å². The van der Waals surface area contributed by atoms with Gasteiger partial charge < -0.3 is 23.5 Å². The first kappa shape index (κ1) is 20.9. The van der Waals surface area contributed by atoms with Gasteiger partial charge in [0.1, 0.15) is 19.0 Å². The molecule has 4 rings (SSSR count). The van der Waals surface area contributed by atoms with E-state index in [0.717, 1.165) is 10.2 Å². The van der Waals surface area contributed by atoms with E-state index in [1.807, 2.05) is 34.9 Å². The predicted molar refractivity (Wildman–Crippen MR) is 115 cm³/mol. The van der Waals surface area contributed by atoms with E-state index in [4.69, 9.17) is 18.9 Å². The molecule has 8 nitrogen and oxygen atoms in total. The van der Waals surface area contributed by atoms with Crippen LogP contribution in [-0.2, 0) is 20.9 Å². The van der Waals surface area contributed by atoms with E-state index in [0.29, 0.717) is 48.4 Å². The molecule has 3 aromatic rings. The molecule has 162 valence electrons. The predicted octanol–water partition coefficient (Wildman–Crippen LogP) is 2.93. The third-order valence-electron chi connectivity index (χ3n) is 4.52. The van der Waals surface area contributed by atoms with E-state index in [1.54, 1.807) is 19.1 Å². The number of carbonyl (C=O) groups excluding carboxylic acids is 2. The molecule has 2 aromatic carbocycles. The van der Waals surface area contributed by atoms with Crippen molar-refractivity contribution in [2.24, 2.45) is 4.99 Å². The Kier molecular flexibility index (Phi) is 6.51. The van der Waals surface area contributed by atoms with Gasteiger partial charge in [-0.1, -0.05) is 29.5 Å². The highest BCUT2D eigenvalue weighted by atomic mass is 32.1. The molecule has 0 radical (unpaired) electrons. The highest BCUT2D eigenvalue weighted by molar-refractivity contribution is 7.16. The number of nitrogens with zero attached hydrogens (tertiary/aromatic N) is 2. The standard InChI is InChI=1S/C22H22N2O6S/c1-2-27-21(26)8-9-24-16-12-17-18(29-11-10-28-17)13-19(16)31-22(24)23-20(25)14-30-15-6-4-3-5-7-15/h3-7,12-13H,2,8-11,14H2,1H3. The fourth-order valence-corrected chi connectivity index (χ4v) is 4.23. The molecule has 1 aromatic heterocycles. The average molecular weight is 442 g/mol. The van der Waals surface area contributed by atoms with Gasteiger partial charge in [0.05, 0.1) is 23.2 Å². The van der Waals surface area contributed by atoms with Crippen molar-refractivity contribution in [1.29, 1.82) is 0 Å². The summed E-state index contributed by atoms with van der Waals surface area (Å²) in [7, 11) is 0. The van der Waals surface area contributed by atoms with E-state index in [2.05, 4.69) is 4.99 Å². The number of aryl methyl sites for hydroxylation is 1. The van der Waals surface area contributed by atoms with Crippen LogP contribution in [0.5, 0.6) is 17.2 Å². The van der Waals surface area contributed by atoms with Crippen LogP contribution in [0.25, 0.3) is 10.2 Å². The van der Waals surface area contributed by atoms with E-state index in [-0.39, 0.29) is 19.0 Å². The van der Waals surface area contributed by atoms with Gasteiger partial charge >= 0.3 is 5.97 Å². The first-order chi connectivity index (χ1) is 15.1. The lowest BCUT2D eigenvalue weighted by molar-refractivity contribution is -0.143. The van der Waals surface area contributed by atoms with Crippen LogP contribution in [0.4, 0.5) is 0 Å². The summed E-state index contributed by atoms with van der Waals surface area (Å²) in [5.41, 5.74) is 0.814. The SMILES string of the molecule is CCOC(=O)CCn1c(=NC(=O)COc2ccccc2)sc2cc3c(cc21)OCCO3. The first-order valence-electron chi connectivity index (χ1n) is 9.98. The maximum absolute atomic E-state index is 12.5. The molecule has 1 aliphatic heterocycles. The zero-order chi connectivity index (χ0) is 21.6. The van der Waals surface area contributed by atoms with E-state index in [9.17, 15) is 9.59 Å². The van der Waals surface area contributed by atoms with Crippen LogP contribution in [0.1, 0.15) is 13.3 Å². The summed E-state index contributed by atoms with van der Waals surface area (Å²) in [4.78, 5) is 29.1. The Hall–Kier alpha value is -3.33. The van der Waals surface area contributed by atoms with Crippen LogP contribution in [0.3, 0.4) is 0 Å². The second-order valence-electron chi connectivity index (χ2n) is 6.66. The fourth-order valence-electron chi connectivity index (χ4n) is 3.14. The van der Waals surface area contributed by atoms with Crippen molar-refractivity contribution in [2.75, 3.05) is 26.4 Å². The Morgan fingerprint density at radius 1 is 1.13 bits per heavy atom. The maximum Gasteiger partial charge on any atom is 0.307 e. The Morgan fingerprint density at radius 2 is 1.87 bits per heavy atom. The van der Waals surface area contributed by atoms with Crippen molar-refractivity contribution in [1.82, 2.24) is 4.57 Å². The molecule has 0 spiro atoms. The molecule has 2 heterocycles. The Labute approximate surface area is 182 Å². The number of thiazole rings is 1. The zero-order valence-electron chi connectivity index (χ0n) is 17.0. The second kappa shape index (κ2) is 9.65. The largest absolute Gasteiger partial charge is 0.486 e. The van der Waals surface area contributed by atoms with Crippen LogP contribution in [0, 0.1) is 0 Å². The molecule has 0 saturated carbocycles. The third-order valence-corrected chi connectivity index (χ3v) is 5.56. The lowest BCUT2D eigenvalue weighted by Gasteiger charge is -2.18. The fraction of sp³-hybridized carbons (Fsp3) is 0.318. The number of fused-ring (bicyclic) bond motifs is 2. The lowest BCUT2D eigenvalue weighted by Crippen LogP contribution is -2.21. The number of aromatic nitrogens is 1. The molecular formula is C22H22N2O6S. The van der Waals surface area contributed by atoms with Gasteiger partial charge in [-0.05, 0) is 19.1 Å². The number of hydrogen-bond acceptors (Lipinski definition) is 7. The zero-order valence-corrected chi connectivity index (χ0v) is 17.9. The Morgan fingerprint density at radius 3 is 2.61 bits per heavy atom. The highest BCUT2D eigenvalue weighted by Crippen LogP contribution is 2.35. The summed E-state index contributed by atoms with van der Waals surface area (Å²) in [5.74, 6) is 1.16. The summed E-state index contributed by atoms with van der Waals surface area (Å²) in [5, 5.41) is 0. The lowest BCUT2D eigenvalue weighted by atomic mass is 10.2. The van der Waals surface area contributed by atoms with Gasteiger partial charge in [0.2, 0.25) is 0 Å². The van der Waals surface area contributed by atoms with E-state index in [1.165, 1.54) is 11.3 Å². The van der Waals surface area contributed by atoms with E-state index < -0.39 is 5.91 Å². The van der Waals surface area contributed by atoms with E-state index >= 15 is 0 Å². The normalized spacial score (nSPS) is 13.3. The number of para-hydroxylation sites is 1. The van der Waals surface area contributed by atoms with Gasteiger partial charge in [0.15, 0.2) is 22.9 Å². The molecule has 0 bridgehead atoms. The van der Waals surface area contributed by atoms with Crippen molar-refractivity contribution in [3.05, 3.63) is 47.3 Å². The smallest absolute Gasteiger partial charge is 0.307 e. The van der Waals surface area contributed by atoms with Gasteiger partial charge in [-0.25, -0.2) is 0 Å². The van der Waals surface area contributed by atoms with Crippen molar-refractivity contribution in [2.45, 2.75) is 19.9 Å². The summed E-state index contributed by atoms with van der Waals surface area (Å²) in [6.07, 6.45) is 0.163. The van der Waals surface area contributed by atoms with Gasteiger partial charge in [0.25, 0.3) is 5.91 Å². The van der Waals surface area contributed by atoms with Gasteiger partial charge in [0, 0.05) is 18.7 Å². The summed E-state index contributed by atoms with van der Waals surface area (Å²) >= 11 is 1.34. The van der Waals surface area contributed by atoms with Crippen molar-refractivity contribution >= 4 is 33.4 Å². The minimum atomic E-state index is -0.419. The summed E-state index contributed by atoms with van der Waals surface area (Å²) in [6.45, 7) is 3.18. The van der Waals surface area contributed by atoms with Crippen LogP contribution in [0.2, 0.25) is 0 Å². The van der Waals surface area contributed by atoms with Crippen LogP contribution < -0.4 is 19.0 Å². The van der Waals surface area contributed by atoms with Gasteiger partial charge in [-0.15, -0.1) is 0 Å². The Balaban J connectivity index is 1.64. The van der Waals surface area contributed by atoms with Crippen LogP contribution in [0.15, 0.2) is 47.5 Å². The molecule has 0 unspecified atom stereocenters. The number of hydrogen-bond donors (Lipinski definition) is 0. The van der Waals surface area contributed by atoms with Crippen LogP contribution >= 0.6 is 11.3 Å². The molecule has 9 heteroatoms. The molecule has 0 atom stereocenters. The van der Waals surface area contributed by atoms with Crippen LogP contribution in [-0.4, -0.2) is 42.9 Å². The van der Waals surface area contributed by atoms with Gasteiger partial charge in [-0.2, -0.15) is 4.99 Å². The summed E-state index contributed by atoms with van der Waals surface area (Å²) < 4.78 is 24.6.